The first-order valence-corrected chi connectivity index (χ1v) is 5.93. The van der Waals surface area contributed by atoms with Gasteiger partial charge in [-0.25, -0.2) is 4.79 Å². The maximum absolute atomic E-state index is 12.0. The van der Waals surface area contributed by atoms with Gasteiger partial charge in [-0.2, -0.15) is 5.10 Å². The van der Waals surface area contributed by atoms with Crippen LogP contribution in [0.15, 0.2) is 18.2 Å². The van der Waals surface area contributed by atoms with E-state index in [0.717, 1.165) is 5.52 Å². The molecule has 0 aliphatic carbocycles. The van der Waals surface area contributed by atoms with E-state index in [2.05, 4.69) is 10.2 Å². The number of rotatable bonds is 3. The van der Waals surface area contributed by atoms with Crippen molar-refractivity contribution in [2.24, 2.45) is 5.92 Å². The summed E-state index contributed by atoms with van der Waals surface area (Å²) in [5.41, 5.74) is 7.35. The number of aromatic amines is 1. The van der Waals surface area contributed by atoms with Crippen LogP contribution in [0.4, 0.5) is 5.69 Å². The number of nitrogens with zero attached hydrogens (tertiary/aromatic N) is 1. The maximum Gasteiger partial charge on any atom is 0.359 e. The number of esters is 1. The Morgan fingerprint density at radius 2 is 2.11 bits per heavy atom. The average molecular weight is 247 g/mol. The molecule has 1 atom stereocenters. The van der Waals surface area contributed by atoms with Crippen LogP contribution < -0.4 is 5.73 Å². The number of hydrogen-bond acceptors (Lipinski definition) is 4. The van der Waals surface area contributed by atoms with Gasteiger partial charge in [0.1, 0.15) is 6.10 Å². The molecule has 0 amide bonds. The summed E-state index contributed by atoms with van der Waals surface area (Å²) < 4.78 is 5.34. The minimum atomic E-state index is -0.423. The third-order valence-electron chi connectivity index (χ3n) is 3.01. The normalized spacial score (nSPS) is 12.9. The van der Waals surface area contributed by atoms with Gasteiger partial charge in [-0.3, -0.25) is 5.10 Å². The molecule has 3 N–H and O–H groups in total. The number of anilines is 1. The van der Waals surface area contributed by atoms with Gasteiger partial charge in [-0.15, -0.1) is 0 Å². The average Bonchev–Trinajstić information content (AvgIpc) is 2.71. The molecule has 1 unspecified atom stereocenters. The number of nitrogens with two attached hydrogens (primary N) is 1. The first-order valence-electron chi connectivity index (χ1n) is 5.93. The summed E-state index contributed by atoms with van der Waals surface area (Å²) in [6.45, 7) is 5.86. The van der Waals surface area contributed by atoms with Crippen LogP contribution in [0, 0.1) is 5.92 Å². The molecule has 18 heavy (non-hydrogen) atoms. The number of nitrogen functional groups attached to an aromatic ring is 1. The van der Waals surface area contributed by atoms with Gasteiger partial charge in [0.2, 0.25) is 0 Å². The highest BCUT2D eigenvalue weighted by atomic mass is 16.5. The molecule has 5 heteroatoms. The van der Waals surface area contributed by atoms with Gasteiger partial charge >= 0.3 is 5.97 Å². The van der Waals surface area contributed by atoms with E-state index in [-0.39, 0.29) is 17.7 Å². The molecule has 0 saturated carbocycles. The van der Waals surface area contributed by atoms with E-state index < -0.39 is 5.97 Å². The first kappa shape index (κ1) is 12.4. The Labute approximate surface area is 105 Å². The Hall–Kier alpha value is -2.04. The zero-order valence-electron chi connectivity index (χ0n) is 10.7. The van der Waals surface area contributed by atoms with Crippen LogP contribution >= 0.6 is 0 Å². The topological polar surface area (TPSA) is 81.0 Å². The van der Waals surface area contributed by atoms with Crippen molar-refractivity contribution in [2.75, 3.05) is 5.73 Å². The van der Waals surface area contributed by atoms with E-state index in [1.54, 1.807) is 18.2 Å². The van der Waals surface area contributed by atoms with Crippen molar-refractivity contribution >= 4 is 22.6 Å². The number of aromatic nitrogens is 2. The molecule has 96 valence electrons. The predicted octanol–water partition coefficient (Wildman–Crippen LogP) is 2.35. The summed E-state index contributed by atoms with van der Waals surface area (Å²) in [6.07, 6.45) is -0.148. The van der Waals surface area contributed by atoms with Gasteiger partial charge in [-0.05, 0) is 31.0 Å². The quantitative estimate of drug-likeness (QED) is 0.644. The lowest BCUT2D eigenvalue weighted by atomic mass is 10.1. The van der Waals surface area contributed by atoms with E-state index in [0.29, 0.717) is 11.1 Å². The Bertz CT molecular complexity index is 575. The van der Waals surface area contributed by atoms with E-state index >= 15 is 0 Å². The van der Waals surface area contributed by atoms with Gasteiger partial charge < -0.3 is 10.5 Å². The third-order valence-corrected chi connectivity index (χ3v) is 3.01. The van der Waals surface area contributed by atoms with Crippen molar-refractivity contribution in [3.05, 3.63) is 23.9 Å². The van der Waals surface area contributed by atoms with Crippen LogP contribution in [0.5, 0.6) is 0 Å². The van der Waals surface area contributed by atoms with Crippen molar-refractivity contribution in [3.8, 4) is 0 Å². The van der Waals surface area contributed by atoms with Crippen molar-refractivity contribution in [3.63, 3.8) is 0 Å². The molecule has 0 spiro atoms. The largest absolute Gasteiger partial charge is 0.458 e. The van der Waals surface area contributed by atoms with Gasteiger partial charge in [0.25, 0.3) is 0 Å². The number of nitrogens with one attached hydrogen (secondary N) is 1. The van der Waals surface area contributed by atoms with Gasteiger partial charge in [0.05, 0.1) is 5.52 Å². The minimum absolute atomic E-state index is 0.148. The molecular formula is C13H17N3O2. The Morgan fingerprint density at radius 1 is 1.39 bits per heavy atom. The molecule has 1 heterocycles. The highest BCUT2D eigenvalue weighted by Crippen LogP contribution is 2.20. The van der Waals surface area contributed by atoms with Gasteiger partial charge in [-0.1, -0.05) is 13.8 Å². The smallest absolute Gasteiger partial charge is 0.359 e. The van der Waals surface area contributed by atoms with Crippen LogP contribution in [0.3, 0.4) is 0 Å². The number of carbonyl (C=O) groups excluding carboxylic acids is 1. The van der Waals surface area contributed by atoms with Crippen LogP contribution in [0.1, 0.15) is 31.3 Å². The molecule has 2 rings (SSSR count). The summed E-state index contributed by atoms with van der Waals surface area (Å²) >= 11 is 0. The SMILES string of the molecule is CC(C)C(C)OC(=O)c1n[nH]c2ccc(N)cc12. The Morgan fingerprint density at radius 3 is 2.78 bits per heavy atom. The van der Waals surface area contributed by atoms with Crippen molar-refractivity contribution < 1.29 is 9.53 Å². The van der Waals surface area contributed by atoms with Crippen molar-refractivity contribution in [1.29, 1.82) is 0 Å². The lowest BCUT2D eigenvalue weighted by Gasteiger charge is -2.15. The predicted molar refractivity (Wildman–Crippen MR) is 70.2 cm³/mol. The van der Waals surface area contributed by atoms with Crippen LogP contribution in [-0.4, -0.2) is 22.3 Å². The second-order valence-corrected chi connectivity index (χ2v) is 4.73. The van der Waals surface area contributed by atoms with Gasteiger partial charge in [0.15, 0.2) is 5.69 Å². The second-order valence-electron chi connectivity index (χ2n) is 4.73. The zero-order valence-corrected chi connectivity index (χ0v) is 10.7. The van der Waals surface area contributed by atoms with Crippen LogP contribution in [-0.2, 0) is 4.74 Å². The van der Waals surface area contributed by atoms with Crippen LogP contribution in [0.25, 0.3) is 10.9 Å². The third kappa shape index (κ3) is 2.30. The zero-order chi connectivity index (χ0) is 13.3. The summed E-state index contributed by atoms with van der Waals surface area (Å²) in [5, 5.41) is 7.48. The Kier molecular flexibility index (Phi) is 3.23. The number of H-pyrrole nitrogens is 1. The van der Waals surface area contributed by atoms with E-state index in [1.165, 1.54) is 0 Å². The molecule has 1 aromatic heterocycles. The maximum atomic E-state index is 12.0. The molecule has 1 aromatic carbocycles. The van der Waals surface area contributed by atoms with Gasteiger partial charge in [0, 0.05) is 11.1 Å². The number of hydrogen-bond donors (Lipinski definition) is 2. The number of benzene rings is 1. The molecule has 2 aromatic rings. The van der Waals surface area contributed by atoms with Crippen LogP contribution in [0.2, 0.25) is 0 Å². The monoisotopic (exact) mass is 247 g/mol. The lowest BCUT2D eigenvalue weighted by molar-refractivity contribution is 0.0233. The highest BCUT2D eigenvalue weighted by Gasteiger charge is 2.19. The molecule has 0 saturated heterocycles. The number of ether oxygens (including phenoxy) is 1. The standard InChI is InChI=1S/C13H17N3O2/c1-7(2)8(3)18-13(17)12-10-6-9(14)4-5-11(10)15-16-12/h4-8H,14H2,1-3H3,(H,15,16). The lowest BCUT2D eigenvalue weighted by Crippen LogP contribution is -2.20. The fourth-order valence-electron chi connectivity index (χ4n) is 1.55. The second kappa shape index (κ2) is 4.68. The Balaban J connectivity index is 2.30. The fourth-order valence-corrected chi connectivity index (χ4v) is 1.55. The van der Waals surface area contributed by atoms with E-state index in [1.807, 2.05) is 20.8 Å². The molecule has 5 nitrogen and oxygen atoms in total. The minimum Gasteiger partial charge on any atom is -0.458 e. The summed E-state index contributed by atoms with van der Waals surface area (Å²) in [5.74, 6) is -0.155. The molecule has 0 bridgehead atoms. The fraction of sp³-hybridized carbons (Fsp3) is 0.385. The highest BCUT2D eigenvalue weighted by molar-refractivity contribution is 6.02. The molecule has 0 aliphatic heterocycles. The number of carbonyl (C=O) groups is 1. The van der Waals surface area contributed by atoms with E-state index in [9.17, 15) is 4.79 Å². The summed E-state index contributed by atoms with van der Waals surface area (Å²) in [6, 6.07) is 5.27. The first-order chi connectivity index (χ1) is 8.49. The van der Waals surface area contributed by atoms with E-state index in [4.69, 9.17) is 10.5 Å². The molecule has 0 fully saturated rings. The number of fused-ring (bicyclic) bond motifs is 1. The summed E-state index contributed by atoms with van der Waals surface area (Å²) in [4.78, 5) is 12.0. The summed E-state index contributed by atoms with van der Waals surface area (Å²) in [7, 11) is 0. The van der Waals surface area contributed by atoms with Crippen molar-refractivity contribution in [2.45, 2.75) is 26.9 Å². The molecule has 0 aliphatic rings. The van der Waals surface area contributed by atoms with Crippen molar-refractivity contribution in [1.82, 2.24) is 10.2 Å². The molecular weight excluding hydrogens is 230 g/mol. The molecule has 0 radical (unpaired) electrons.